The van der Waals surface area contributed by atoms with Crippen molar-refractivity contribution in [3.05, 3.63) is 131 Å². The van der Waals surface area contributed by atoms with Crippen LogP contribution in [0.2, 0.25) is 0 Å². The molecule has 6 aromatic rings. The number of aromatic nitrogens is 4. The van der Waals surface area contributed by atoms with Gasteiger partial charge in [-0.25, -0.2) is 36.4 Å². The van der Waals surface area contributed by atoms with Crippen LogP contribution in [0.3, 0.4) is 0 Å². The van der Waals surface area contributed by atoms with E-state index in [2.05, 4.69) is 91.2 Å². The average Bonchev–Trinajstić information content (AvgIpc) is 4.30. The molecule has 0 saturated carbocycles. The molecule has 20 nitrogen and oxygen atoms in total. The van der Waals surface area contributed by atoms with Crippen molar-refractivity contribution in [2.45, 2.75) is 77.5 Å². The first-order chi connectivity index (χ1) is 37.1. The largest absolute Gasteiger partial charge is 0.453 e. The summed E-state index contributed by atoms with van der Waals surface area (Å²) in [5.41, 5.74) is 12.4. The van der Waals surface area contributed by atoms with Crippen molar-refractivity contribution in [2.75, 3.05) is 53.2 Å². The molecule has 2 aliphatic heterocycles. The van der Waals surface area contributed by atoms with E-state index >= 15 is 0 Å². The molecule has 4 heterocycles. The van der Waals surface area contributed by atoms with Gasteiger partial charge in [-0.3, -0.25) is 9.59 Å². The first-order valence-corrected chi connectivity index (χ1v) is 29.5. The molecule has 0 spiro atoms. The van der Waals surface area contributed by atoms with Crippen LogP contribution in [0, 0.1) is 11.8 Å². The Morgan fingerprint density at radius 3 is 1.24 bits per heavy atom. The number of nitrogens with zero attached hydrogens (tertiary/aromatic N) is 6. The summed E-state index contributed by atoms with van der Waals surface area (Å²) in [5.74, 6) is -0.665. The number of imidazole rings is 2. The van der Waals surface area contributed by atoms with Gasteiger partial charge >= 0.3 is 12.2 Å². The van der Waals surface area contributed by atoms with Gasteiger partial charge in [0.15, 0.2) is 0 Å². The molecule has 22 heteroatoms. The van der Waals surface area contributed by atoms with Crippen molar-refractivity contribution >= 4 is 44.0 Å². The number of aryl methyl sites for hydroxylation is 4. The molecule has 12 rings (SSSR count). The van der Waals surface area contributed by atoms with Gasteiger partial charge in [0.2, 0.25) is 31.9 Å². The average molecular weight is 1100 g/mol. The standard InChI is InChI=1S/C56H66N10O10S2/c1-33(2)49(61-55(69)75-5)53(67)65-31-63(77(7,71)72)29-47(65)51-57-27-45(59-51)41-21-17-39(18-22-41)43-25-35-9-13-37(43)15-11-36-10-14-38(16-12-35)44(26-36)40-19-23-42(24-20-40)46-28-58-52(60-46)48-30-64(78(8,73)74)32-66(48)54(68)50(34(3)4)62-56(70)76-6/h9-10,13-14,17-28,33-34,47-50H,11-12,15-16,29-32H2,1-8H3,(H,57,59)(H,58,60)(H,61,69)(H,62,70)/t47-,48-,49-,50-/m0/s1. The van der Waals surface area contributed by atoms with Crippen LogP contribution in [0.4, 0.5) is 9.59 Å². The molecule has 0 radical (unpaired) electrons. The molecule has 4 aliphatic carbocycles. The fraction of sp³-hybridized carbons (Fsp3) is 0.393. The van der Waals surface area contributed by atoms with Crippen LogP contribution >= 0.6 is 0 Å². The molecule has 4 bridgehead atoms. The molecule has 2 saturated heterocycles. The number of nitrogens with one attached hydrogen (secondary N) is 4. The first kappa shape index (κ1) is 55.4. The predicted molar refractivity (Wildman–Crippen MR) is 294 cm³/mol. The van der Waals surface area contributed by atoms with Gasteiger partial charge in [-0.15, -0.1) is 0 Å². The van der Waals surface area contributed by atoms with Crippen molar-refractivity contribution in [3.8, 4) is 44.8 Å². The van der Waals surface area contributed by atoms with Crippen LogP contribution in [0.25, 0.3) is 44.8 Å². The summed E-state index contributed by atoms with van der Waals surface area (Å²) in [6.07, 6.45) is 7.28. The van der Waals surface area contributed by atoms with Gasteiger partial charge in [-0.1, -0.05) is 113 Å². The Bertz CT molecular complexity index is 3220. The molecule has 6 aliphatic rings. The Kier molecular flexibility index (Phi) is 16.0. The molecular formula is C56H66N10O10S2. The van der Waals surface area contributed by atoms with Crippen molar-refractivity contribution in [3.63, 3.8) is 0 Å². The second kappa shape index (κ2) is 22.5. The molecule has 4 N–H and O–H groups in total. The molecule has 4 atom stereocenters. The quantitative estimate of drug-likeness (QED) is 0.0895. The number of hydrogen-bond acceptors (Lipinski definition) is 12. The summed E-state index contributed by atoms with van der Waals surface area (Å²) >= 11 is 0. The lowest BCUT2D eigenvalue weighted by atomic mass is 9.87. The van der Waals surface area contributed by atoms with Gasteiger partial charge in [0.25, 0.3) is 0 Å². The maximum atomic E-state index is 14.0. The highest BCUT2D eigenvalue weighted by molar-refractivity contribution is 7.88. The number of amides is 4. The lowest BCUT2D eigenvalue weighted by Gasteiger charge is -2.29. The number of sulfonamides is 2. The van der Waals surface area contributed by atoms with E-state index in [0.717, 1.165) is 71.6 Å². The SMILES string of the molecule is COC(=O)N[C@H](C(=O)N1CN(S(C)(=O)=O)C[C@H]1c1ncc(-c2ccc(-c3cc4ccc3CCc3ccc(c(-c5ccc(-c6cnc([C@@H]7CN(S(C)(=O)=O)CN7C(=O)[C@@H](NC(=O)OC)C(C)C)[nH]6)cc5)c3)CC4)cc2)[nH]1)C(C)C. The van der Waals surface area contributed by atoms with Gasteiger partial charge in [-0.05, 0) is 93.2 Å². The fourth-order valence-corrected chi connectivity index (χ4v) is 11.9. The van der Waals surface area contributed by atoms with Crippen LogP contribution in [0.5, 0.6) is 0 Å². The molecule has 4 amide bonds. The van der Waals surface area contributed by atoms with Gasteiger partial charge in [-0.2, -0.15) is 8.61 Å². The minimum Gasteiger partial charge on any atom is -0.453 e. The Labute approximate surface area is 455 Å². The highest BCUT2D eigenvalue weighted by atomic mass is 32.2. The van der Waals surface area contributed by atoms with Crippen molar-refractivity contribution in [1.82, 2.24) is 49.0 Å². The second-order valence-electron chi connectivity index (χ2n) is 20.9. The van der Waals surface area contributed by atoms with Gasteiger partial charge in [0, 0.05) is 13.1 Å². The molecular weight excluding hydrogens is 1040 g/mol. The Morgan fingerprint density at radius 2 is 0.910 bits per heavy atom. The van der Waals surface area contributed by atoms with Crippen LogP contribution < -0.4 is 10.6 Å². The second-order valence-corrected chi connectivity index (χ2v) is 24.9. The molecule has 4 aromatic carbocycles. The summed E-state index contributed by atoms with van der Waals surface area (Å²) in [4.78, 5) is 71.2. The van der Waals surface area contributed by atoms with Gasteiger partial charge < -0.3 is 39.9 Å². The lowest BCUT2D eigenvalue weighted by Crippen LogP contribution is -2.51. The van der Waals surface area contributed by atoms with E-state index in [9.17, 15) is 36.0 Å². The number of H-pyrrole nitrogens is 2. The zero-order chi connectivity index (χ0) is 55.8. The van der Waals surface area contributed by atoms with Crippen LogP contribution in [-0.4, -0.2) is 144 Å². The Morgan fingerprint density at radius 1 is 0.551 bits per heavy atom. The fourth-order valence-electron chi connectivity index (χ4n) is 10.4. The van der Waals surface area contributed by atoms with E-state index < -0.39 is 68.2 Å². The first-order valence-electron chi connectivity index (χ1n) is 25.8. The zero-order valence-corrected chi connectivity index (χ0v) is 46.6. The molecule has 412 valence electrons. The summed E-state index contributed by atoms with van der Waals surface area (Å²) in [5, 5.41) is 5.21. The van der Waals surface area contributed by atoms with E-state index in [4.69, 9.17) is 9.47 Å². The topological polar surface area (TPSA) is 249 Å². The summed E-state index contributed by atoms with van der Waals surface area (Å²) in [7, 11) is -4.90. The molecule has 78 heavy (non-hydrogen) atoms. The van der Waals surface area contributed by atoms with E-state index in [1.807, 2.05) is 24.3 Å². The summed E-state index contributed by atoms with van der Waals surface area (Å²) < 4.78 is 62.9. The Hall–Kier alpha value is -7.40. The number of ether oxygens (including phenoxy) is 2. The maximum absolute atomic E-state index is 14.0. The summed E-state index contributed by atoms with van der Waals surface area (Å²) in [6.45, 7) is 6.78. The van der Waals surface area contributed by atoms with Crippen molar-refractivity contribution < 1.29 is 45.5 Å². The third kappa shape index (κ3) is 11.9. The van der Waals surface area contributed by atoms with Gasteiger partial charge in [0.05, 0.1) is 63.9 Å². The van der Waals surface area contributed by atoms with Crippen LogP contribution in [-0.2, 0) is 64.8 Å². The van der Waals surface area contributed by atoms with E-state index in [-0.39, 0.29) is 38.3 Å². The predicted octanol–water partition coefficient (Wildman–Crippen LogP) is 6.65. The minimum absolute atomic E-state index is 0.00191. The highest BCUT2D eigenvalue weighted by Crippen LogP contribution is 2.36. The third-order valence-corrected chi connectivity index (χ3v) is 17.4. The molecule has 0 unspecified atom stereocenters. The van der Waals surface area contributed by atoms with Gasteiger partial charge in [0.1, 0.15) is 35.8 Å². The number of carbonyl (C=O) groups is 4. The van der Waals surface area contributed by atoms with Crippen LogP contribution in [0.15, 0.2) is 97.3 Å². The number of rotatable bonds is 14. The maximum Gasteiger partial charge on any atom is 0.407 e. The van der Waals surface area contributed by atoms with Crippen LogP contribution in [0.1, 0.15) is 73.7 Å². The van der Waals surface area contributed by atoms with Crippen molar-refractivity contribution in [2.24, 2.45) is 11.8 Å². The van der Waals surface area contributed by atoms with E-state index in [1.165, 1.54) is 54.9 Å². The number of methoxy groups -OCH3 is 2. The normalized spacial score (nSPS) is 18.0. The number of benzene rings is 4. The monoisotopic (exact) mass is 1100 g/mol. The highest BCUT2D eigenvalue weighted by Gasteiger charge is 2.45. The third-order valence-electron chi connectivity index (χ3n) is 15.0. The minimum atomic E-state index is -3.67. The van der Waals surface area contributed by atoms with E-state index in [1.54, 1.807) is 40.1 Å². The van der Waals surface area contributed by atoms with E-state index in [0.29, 0.717) is 23.0 Å². The number of alkyl carbamates (subject to hydrolysis) is 2. The molecule has 2 fully saturated rings. The molecule has 2 aromatic heterocycles. The number of carbonyl (C=O) groups excluding carboxylic acids is 4. The van der Waals surface area contributed by atoms with Crippen molar-refractivity contribution in [1.29, 1.82) is 0 Å². The Balaban J connectivity index is 0.901. The number of aromatic amines is 2. The lowest BCUT2D eigenvalue weighted by molar-refractivity contribution is -0.136. The zero-order valence-electron chi connectivity index (χ0n) is 44.9. The summed E-state index contributed by atoms with van der Waals surface area (Å²) in [6, 6.07) is 26.6. The number of hydrogen-bond donors (Lipinski definition) is 4. The smallest absolute Gasteiger partial charge is 0.407 e.